The van der Waals surface area contributed by atoms with Gasteiger partial charge in [0.1, 0.15) is 5.69 Å². The lowest BCUT2D eigenvalue weighted by atomic mass is 9.47. The van der Waals surface area contributed by atoms with E-state index >= 15 is 0 Å². The molecule has 2 bridgehead atoms. The number of nitrogens with two attached hydrogens (primary N) is 1. The molecule has 3 N–H and O–H groups in total. The first-order valence-corrected chi connectivity index (χ1v) is 13.4. The Morgan fingerprint density at radius 2 is 1.48 bits per heavy atom. The van der Waals surface area contributed by atoms with E-state index in [0.717, 1.165) is 27.2 Å². The van der Waals surface area contributed by atoms with Gasteiger partial charge in [0.25, 0.3) is 11.6 Å². The highest BCUT2D eigenvalue weighted by Gasteiger charge is 2.68. The number of hydrazone groups is 1. The molecule has 4 aromatic carbocycles. The Hall–Kier alpha value is -5.64. The summed E-state index contributed by atoms with van der Waals surface area (Å²) in [5.74, 6) is -3.83. The topological polar surface area (TPSA) is 148 Å². The lowest BCUT2D eigenvalue weighted by molar-refractivity contribution is -0.384. The van der Waals surface area contributed by atoms with Crippen molar-refractivity contribution in [1.82, 2.24) is 5.43 Å². The van der Waals surface area contributed by atoms with Crippen molar-refractivity contribution in [3.05, 3.63) is 135 Å². The Bertz CT molecular complexity index is 1820. The van der Waals surface area contributed by atoms with Crippen molar-refractivity contribution >= 4 is 41.0 Å². The van der Waals surface area contributed by atoms with Crippen LogP contribution in [-0.4, -0.2) is 28.9 Å². The average molecular weight is 558 g/mol. The van der Waals surface area contributed by atoms with Crippen LogP contribution in [0.4, 0.5) is 17.1 Å². The molecule has 4 aliphatic rings. The Morgan fingerprint density at radius 1 is 0.881 bits per heavy atom. The minimum atomic E-state index is -1.24. The minimum Gasteiger partial charge on any atom is -0.398 e. The molecule has 0 aromatic heterocycles. The van der Waals surface area contributed by atoms with Crippen LogP contribution in [0, 0.1) is 22.0 Å². The zero-order valence-corrected chi connectivity index (χ0v) is 22.0. The summed E-state index contributed by atoms with van der Waals surface area (Å²) in [5, 5.41) is 16.3. The Balaban J connectivity index is 1.42. The number of rotatable bonds is 5. The highest BCUT2D eigenvalue weighted by Crippen LogP contribution is 2.63. The van der Waals surface area contributed by atoms with Gasteiger partial charge in [0, 0.05) is 23.9 Å². The van der Waals surface area contributed by atoms with Crippen LogP contribution < -0.4 is 16.1 Å². The van der Waals surface area contributed by atoms with Gasteiger partial charge in [-0.25, -0.2) is 10.3 Å². The van der Waals surface area contributed by atoms with Crippen molar-refractivity contribution in [1.29, 1.82) is 0 Å². The van der Waals surface area contributed by atoms with E-state index in [1.165, 1.54) is 24.4 Å². The Labute approximate surface area is 239 Å². The first-order valence-electron chi connectivity index (χ1n) is 13.4. The van der Waals surface area contributed by atoms with E-state index in [9.17, 15) is 24.5 Å². The number of nitro benzene ring substituents is 1. The fourth-order valence-corrected chi connectivity index (χ4v) is 7.05. The Morgan fingerprint density at radius 3 is 2.14 bits per heavy atom. The van der Waals surface area contributed by atoms with Gasteiger partial charge in [-0.1, -0.05) is 72.8 Å². The van der Waals surface area contributed by atoms with Crippen LogP contribution in [0.15, 0.2) is 102 Å². The molecule has 0 saturated carbocycles. The number of anilines is 2. The lowest BCUT2D eigenvalue weighted by Crippen LogP contribution is -2.54. The molecule has 4 aromatic rings. The van der Waals surface area contributed by atoms with Gasteiger partial charge >= 0.3 is 0 Å². The van der Waals surface area contributed by atoms with Gasteiger partial charge in [0.05, 0.1) is 27.7 Å². The van der Waals surface area contributed by atoms with Crippen LogP contribution in [0.3, 0.4) is 0 Å². The zero-order chi connectivity index (χ0) is 29.2. The van der Waals surface area contributed by atoms with Gasteiger partial charge in [-0.2, -0.15) is 5.10 Å². The van der Waals surface area contributed by atoms with E-state index in [2.05, 4.69) is 10.5 Å². The van der Waals surface area contributed by atoms with Crippen LogP contribution >= 0.6 is 0 Å². The van der Waals surface area contributed by atoms with Crippen LogP contribution in [0.25, 0.3) is 0 Å². The monoisotopic (exact) mass is 557 g/mol. The second-order valence-corrected chi connectivity index (χ2v) is 10.6. The van der Waals surface area contributed by atoms with Crippen LogP contribution in [0.5, 0.6) is 0 Å². The largest absolute Gasteiger partial charge is 0.398 e. The Kier molecular flexibility index (Phi) is 5.55. The third-order valence-electron chi connectivity index (χ3n) is 8.64. The molecule has 10 heteroatoms. The predicted molar refractivity (Wildman–Crippen MR) is 155 cm³/mol. The van der Waals surface area contributed by atoms with Crippen molar-refractivity contribution in [3.63, 3.8) is 0 Å². The van der Waals surface area contributed by atoms with Crippen LogP contribution in [0.1, 0.15) is 38.5 Å². The third kappa shape index (κ3) is 3.32. The predicted octanol–water partition coefficient (Wildman–Crippen LogP) is 4.14. The van der Waals surface area contributed by atoms with Crippen molar-refractivity contribution in [2.75, 3.05) is 10.6 Å². The molecular formula is C32H23N5O5. The summed E-state index contributed by atoms with van der Waals surface area (Å²) >= 11 is 0. The number of carbonyl (C=O) groups is 3. The minimum absolute atomic E-state index is 0.0700. The van der Waals surface area contributed by atoms with Gasteiger partial charge < -0.3 is 5.73 Å². The second kappa shape index (κ2) is 9.20. The normalized spacial score (nSPS) is 23.4. The molecule has 0 spiro atoms. The molecule has 1 aliphatic heterocycles. The molecule has 1 heterocycles. The number of carbonyl (C=O) groups excluding carboxylic acids is 3. The summed E-state index contributed by atoms with van der Waals surface area (Å²) in [6.07, 6.45) is 1.53. The van der Waals surface area contributed by atoms with Gasteiger partial charge in [-0.15, -0.1) is 0 Å². The van der Waals surface area contributed by atoms with Gasteiger partial charge in [-0.05, 0) is 40.5 Å². The van der Waals surface area contributed by atoms with Gasteiger partial charge in [-0.3, -0.25) is 24.5 Å². The highest BCUT2D eigenvalue weighted by atomic mass is 16.6. The number of para-hydroxylation sites is 3. The molecule has 42 heavy (non-hydrogen) atoms. The van der Waals surface area contributed by atoms with Crippen molar-refractivity contribution < 1.29 is 19.3 Å². The van der Waals surface area contributed by atoms with Crippen molar-refractivity contribution in [2.45, 2.75) is 11.3 Å². The molecule has 0 unspecified atom stereocenters. The number of hydrogen-bond donors (Lipinski definition) is 2. The molecule has 0 radical (unpaired) electrons. The maximum Gasteiger partial charge on any atom is 0.293 e. The maximum atomic E-state index is 14.4. The van der Waals surface area contributed by atoms with Gasteiger partial charge in [0.15, 0.2) is 0 Å². The second-order valence-electron chi connectivity index (χ2n) is 10.6. The SMILES string of the molecule is Nc1ccccc1C(=O)N/N=C\C12c3ccccc3C(c3ccccc31)[C@@H]1C(=O)N(c3ccccc3[N+](=O)[O-])C(=O)[C@@H]12. The quantitative estimate of drug-likeness (QED) is 0.124. The molecule has 1 fully saturated rings. The number of imide groups is 1. The highest BCUT2D eigenvalue weighted by molar-refractivity contribution is 6.25. The van der Waals surface area contributed by atoms with Crippen molar-refractivity contribution in [3.8, 4) is 0 Å². The standard InChI is InChI=1S/C32H23N5O5/c33-23-14-6-3-11-20(23)29(38)35-34-17-32-21-12-4-1-9-18(21)26(19-10-2-5-13-22(19)32)27-28(32)31(40)36(30(27)39)24-15-7-8-16-25(24)37(41)42/h1-17,26-28H,33H2,(H,35,38)/b34-17-/t26?,27-,28+,32?/m0/s1. The molecule has 1 saturated heterocycles. The molecule has 8 rings (SSSR count). The summed E-state index contributed by atoms with van der Waals surface area (Å²) in [5.41, 5.74) is 10.7. The first-order chi connectivity index (χ1) is 20.4. The summed E-state index contributed by atoms with van der Waals surface area (Å²) in [4.78, 5) is 53.9. The number of hydrogen-bond acceptors (Lipinski definition) is 7. The van der Waals surface area contributed by atoms with Crippen LogP contribution in [0.2, 0.25) is 0 Å². The lowest BCUT2D eigenvalue weighted by Gasteiger charge is -2.52. The van der Waals surface area contributed by atoms with Crippen LogP contribution in [-0.2, 0) is 15.0 Å². The molecule has 2 atom stereocenters. The molecule has 10 nitrogen and oxygen atoms in total. The zero-order valence-electron chi connectivity index (χ0n) is 22.0. The number of amides is 3. The number of nitro groups is 1. The molecule has 3 amide bonds. The fraction of sp³-hybridized carbons (Fsp3) is 0.125. The number of benzene rings is 4. The average Bonchev–Trinajstić information content (AvgIpc) is 3.27. The summed E-state index contributed by atoms with van der Waals surface area (Å²) in [6.45, 7) is 0. The van der Waals surface area contributed by atoms with E-state index in [1.807, 2.05) is 48.5 Å². The number of nitrogens with one attached hydrogen (secondary N) is 1. The molecule has 206 valence electrons. The summed E-state index contributed by atoms with van der Waals surface area (Å²) in [7, 11) is 0. The third-order valence-corrected chi connectivity index (χ3v) is 8.64. The van der Waals surface area contributed by atoms with Crippen molar-refractivity contribution in [2.24, 2.45) is 16.9 Å². The molecular weight excluding hydrogens is 534 g/mol. The maximum absolute atomic E-state index is 14.4. The van der Waals surface area contributed by atoms with E-state index in [-0.39, 0.29) is 22.6 Å². The molecule has 3 aliphatic carbocycles. The smallest absolute Gasteiger partial charge is 0.293 e. The van der Waals surface area contributed by atoms with E-state index in [0.29, 0.717) is 0 Å². The first kappa shape index (κ1) is 25.3. The summed E-state index contributed by atoms with van der Waals surface area (Å²) < 4.78 is 0. The number of nitrogens with zero attached hydrogens (tertiary/aromatic N) is 3. The van der Waals surface area contributed by atoms with E-state index < -0.39 is 45.8 Å². The summed E-state index contributed by atoms with van der Waals surface area (Å²) in [6, 6.07) is 27.5. The van der Waals surface area contributed by atoms with E-state index in [4.69, 9.17) is 5.73 Å². The number of nitrogen functional groups attached to an aromatic ring is 1. The van der Waals surface area contributed by atoms with E-state index in [1.54, 1.807) is 30.3 Å². The fourth-order valence-electron chi connectivity index (χ4n) is 7.05. The van der Waals surface area contributed by atoms with Gasteiger partial charge in [0.2, 0.25) is 11.8 Å².